The lowest BCUT2D eigenvalue weighted by atomic mass is 10.1. The summed E-state index contributed by atoms with van der Waals surface area (Å²) in [7, 11) is 0. The van der Waals surface area contributed by atoms with Crippen LogP contribution in [0.1, 0.15) is 15.2 Å². The Morgan fingerprint density at radius 2 is 1.72 bits per heavy atom. The number of aryl methyl sites for hydroxylation is 1. The quantitative estimate of drug-likeness (QED) is 0.328. The lowest BCUT2D eigenvalue weighted by Gasteiger charge is -2.06. The highest BCUT2D eigenvalue weighted by atomic mass is 32.1. The zero-order valence-electron chi connectivity index (χ0n) is 14.4. The average Bonchev–Trinajstić information content (AvgIpc) is 3.03. The Morgan fingerprint density at radius 1 is 1.07 bits per heavy atom. The summed E-state index contributed by atoms with van der Waals surface area (Å²) in [5.41, 5.74) is -0.110. The van der Waals surface area contributed by atoms with E-state index in [-0.39, 0.29) is 16.9 Å². The Kier molecular flexibility index (Phi) is 5.78. The number of thiazole rings is 1. The number of halogens is 6. The third kappa shape index (κ3) is 4.34. The lowest BCUT2D eigenvalue weighted by Crippen LogP contribution is -2.16. The Bertz CT molecular complexity index is 1070. The molecule has 4 nitrogen and oxygen atoms in total. The van der Waals surface area contributed by atoms with Crippen molar-refractivity contribution in [1.29, 1.82) is 0 Å². The molecule has 0 atom stereocenters. The molecule has 0 aliphatic heterocycles. The van der Waals surface area contributed by atoms with E-state index < -0.39 is 41.4 Å². The second-order valence-electron chi connectivity index (χ2n) is 5.63. The predicted octanol–water partition coefficient (Wildman–Crippen LogP) is 5.53. The van der Waals surface area contributed by atoms with Crippen LogP contribution in [-0.4, -0.2) is 17.5 Å². The monoisotopic (exact) mass is 432 g/mol. The summed E-state index contributed by atoms with van der Waals surface area (Å²) in [4.78, 5) is 16.9. The highest BCUT2D eigenvalue weighted by molar-refractivity contribution is 7.16. The number of hydrogen-bond acceptors (Lipinski definition) is 4. The summed E-state index contributed by atoms with van der Waals surface area (Å²) in [6.45, 7) is -1.31. The molecule has 2 aromatic carbocycles. The van der Waals surface area contributed by atoms with E-state index in [1.165, 1.54) is 24.3 Å². The van der Waals surface area contributed by atoms with Crippen LogP contribution in [-0.2, 0) is 0 Å². The van der Waals surface area contributed by atoms with Crippen molar-refractivity contribution in [1.82, 2.24) is 4.98 Å². The van der Waals surface area contributed by atoms with Crippen LogP contribution in [0.5, 0.6) is 5.75 Å². The smallest absolute Gasteiger partial charge is 0.387 e. The van der Waals surface area contributed by atoms with Crippen LogP contribution in [0.15, 0.2) is 30.3 Å². The summed E-state index contributed by atoms with van der Waals surface area (Å²) >= 11 is 0.986. The number of amides is 1. The van der Waals surface area contributed by atoms with E-state index in [2.05, 4.69) is 15.0 Å². The Balaban J connectivity index is 1.83. The van der Waals surface area contributed by atoms with Gasteiger partial charge in [0.05, 0.1) is 11.3 Å². The first-order valence-electron chi connectivity index (χ1n) is 7.84. The Morgan fingerprint density at radius 3 is 2.34 bits per heavy atom. The van der Waals surface area contributed by atoms with Gasteiger partial charge in [-0.1, -0.05) is 0 Å². The van der Waals surface area contributed by atoms with Crippen LogP contribution in [0.4, 0.5) is 31.5 Å². The van der Waals surface area contributed by atoms with Crippen molar-refractivity contribution in [2.24, 2.45) is 0 Å². The van der Waals surface area contributed by atoms with Gasteiger partial charge in [-0.25, -0.2) is 22.5 Å². The number of nitrogens with zero attached hydrogens (tertiary/aromatic N) is 1. The molecule has 0 radical (unpaired) electrons. The lowest BCUT2D eigenvalue weighted by molar-refractivity contribution is -0.0498. The molecule has 152 valence electrons. The number of aromatic nitrogens is 1. The number of nitrogens with one attached hydrogen (secondary N) is 1. The summed E-state index contributed by atoms with van der Waals surface area (Å²) in [5, 5.41) is 2.18. The number of hydrogen-bond donors (Lipinski definition) is 1. The van der Waals surface area contributed by atoms with Crippen LogP contribution < -0.4 is 10.1 Å². The Hall–Kier alpha value is -3.08. The molecule has 0 spiro atoms. The zero-order chi connectivity index (χ0) is 21.3. The van der Waals surface area contributed by atoms with Crippen LogP contribution in [0.25, 0.3) is 11.3 Å². The van der Waals surface area contributed by atoms with Crippen LogP contribution in [0, 0.1) is 30.2 Å². The molecule has 0 aliphatic rings. The Labute approximate surface area is 163 Å². The van der Waals surface area contributed by atoms with Gasteiger partial charge in [0.2, 0.25) is 0 Å². The molecule has 1 amide bonds. The number of ether oxygens (including phenoxy) is 1. The molecule has 0 unspecified atom stereocenters. The standard InChI is InChI=1S/C18H10F6N2O2S/c1-7-15(8-2-4-9(5-3-8)28-17(23)24)25-18(29-7)26-16(27)10-6-11(19)13(21)14(22)12(10)20/h2-6,17H,1H3,(H,25,26,27). The number of alkyl halides is 2. The summed E-state index contributed by atoms with van der Waals surface area (Å²) in [5.74, 6) is -8.94. The summed E-state index contributed by atoms with van der Waals surface area (Å²) < 4.78 is 82.0. The van der Waals surface area contributed by atoms with Crippen molar-refractivity contribution in [3.63, 3.8) is 0 Å². The number of carbonyl (C=O) groups excluding carboxylic acids is 1. The second kappa shape index (κ2) is 8.11. The molecule has 0 bridgehead atoms. The van der Waals surface area contributed by atoms with Gasteiger partial charge in [0, 0.05) is 10.4 Å². The molecular formula is C18H10F6N2O2S. The van der Waals surface area contributed by atoms with Crippen LogP contribution >= 0.6 is 11.3 Å². The molecule has 0 saturated heterocycles. The molecule has 3 rings (SSSR count). The fraction of sp³-hybridized carbons (Fsp3) is 0.111. The maximum absolute atomic E-state index is 13.7. The number of carbonyl (C=O) groups is 1. The minimum Gasteiger partial charge on any atom is -0.435 e. The minimum absolute atomic E-state index is 0.0139. The van der Waals surface area contributed by atoms with E-state index in [1.807, 2.05) is 0 Å². The van der Waals surface area contributed by atoms with Crippen molar-refractivity contribution in [3.8, 4) is 17.0 Å². The molecule has 1 aromatic heterocycles. The first-order valence-corrected chi connectivity index (χ1v) is 8.66. The minimum atomic E-state index is -2.97. The molecule has 1 N–H and O–H groups in total. The number of rotatable bonds is 5. The molecule has 1 heterocycles. The molecule has 3 aromatic rings. The summed E-state index contributed by atoms with van der Waals surface area (Å²) in [6, 6.07) is 5.79. The van der Waals surface area contributed by atoms with Gasteiger partial charge in [-0.2, -0.15) is 8.78 Å². The number of anilines is 1. The predicted molar refractivity (Wildman–Crippen MR) is 93.1 cm³/mol. The normalized spacial score (nSPS) is 11.0. The fourth-order valence-electron chi connectivity index (χ4n) is 2.41. The van der Waals surface area contributed by atoms with Gasteiger partial charge in [-0.15, -0.1) is 11.3 Å². The molecule has 0 aliphatic carbocycles. The van der Waals surface area contributed by atoms with Gasteiger partial charge >= 0.3 is 6.61 Å². The van der Waals surface area contributed by atoms with Crippen LogP contribution in [0.3, 0.4) is 0 Å². The molecule has 11 heteroatoms. The highest BCUT2D eigenvalue weighted by Crippen LogP contribution is 2.32. The van der Waals surface area contributed by atoms with Crippen LogP contribution in [0.2, 0.25) is 0 Å². The van der Waals surface area contributed by atoms with E-state index in [4.69, 9.17) is 0 Å². The van der Waals surface area contributed by atoms with Crippen molar-refractivity contribution in [3.05, 3.63) is 64.0 Å². The second-order valence-corrected chi connectivity index (χ2v) is 6.83. The van der Waals surface area contributed by atoms with Gasteiger partial charge in [0.1, 0.15) is 5.75 Å². The first kappa shape index (κ1) is 20.6. The SMILES string of the molecule is Cc1sc(NC(=O)c2cc(F)c(F)c(F)c2F)nc1-c1ccc(OC(F)F)cc1. The molecule has 29 heavy (non-hydrogen) atoms. The van der Waals surface area contributed by atoms with Crippen molar-refractivity contribution in [2.45, 2.75) is 13.5 Å². The van der Waals surface area contributed by atoms with E-state index in [0.29, 0.717) is 16.1 Å². The zero-order valence-corrected chi connectivity index (χ0v) is 15.2. The first-order chi connectivity index (χ1) is 13.7. The van der Waals surface area contributed by atoms with Gasteiger partial charge in [0.15, 0.2) is 28.4 Å². The van der Waals surface area contributed by atoms with E-state index in [0.717, 1.165) is 11.3 Å². The van der Waals surface area contributed by atoms with E-state index in [1.54, 1.807) is 6.92 Å². The van der Waals surface area contributed by atoms with Crippen molar-refractivity contribution < 1.29 is 35.9 Å². The molecule has 0 saturated carbocycles. The largest absolute Gasteiger partial charge is 0.435 e. The molecule has 0 fully saturated rings. The van der Waals surface area contributed by atoms with Crippen molar-refractivity contribution in [2.75, 3.05) is 5.32 Å². The third-order valence-electron chi connectivity index (χ3n) is 3.72. The van der Waals surface area contributed by atoms with Gasteiger partial charge < -0.3 is 4.74 Å². The van der Waals surface area contributed by atoms with Gasteiger partial charge in [0.25, 0.3) is 5.91 Å². The maximum atomic E-state index is 13.7. The van der Waals surface area contributed by atoms with Gasteiger partial charge in [-0.05, 0) is 37.3 Å². The van der Waals surface area contributed by atoms with E-state index >= 15 is 0 Å². The highest BCUT2D eigenvalue weighted by Gasteiger charge is 2.24. The van der Waals surface area contributed by atoms with Crippen molar-refractivity contribution >= 4 is 22.4 Å². The van der Waals surface area contributed by atoms with E-state index in [9.17, 15) is 31.1 Å². The number of benzene rings is 2. The van der Waals surface area contributed by atoms with Gasteiger partial charge in [-0.3, -0.25) is 10.1 Å². The average molecular weight is 432 g/mol. The molecular weight excluding hydrogens is 422 g/mol. The topological polar surface area (TPSA) is 51.2 Å². The summed E-state index contributed by atoms with van der Waals surface area (Å²) in [6.07, 6.45) is 0. The third-order valence-corrected chi connectivity index (χ3v) is 4.60. The maximum Gasteiger partial charge on any atom is 0.387 e. The fourth-order valence-corrected chi connectivity index (χ4v) is 3.25.